The number of para-hydroxylation sites is 1. The number of anilines is 3. The van der Waals surface area contributed by atoms with Crippen LogP contribution in [0.5, 0.6) is 5.75 Å². The molecule has 0 spiro atoms. The van der Waals surface area contributed by atoms with Crippen LogP contribution in [0.3, 0.4) is 0 Å². The minimum atomic E-state index is 0.618. The molecule has 3 N–H and O–H groups in total. The molecule has 3 aromatic rings. The number of ether oxygens (including phenoxy) is 1. The van der Waals surface area contributed by atoms with Crippen LogP contribution >= 0.6 is 12.2 Å². The molecule has 0 bridgehead atoms. The summed E-state index contributed by atoms with van der Waals surface area (Å²) in [6.07, 6.45) is 0.895. The molecule has 27 heavy (non-hydrogen) atoms. The van der Waals surface area contributed by atoms with Crippen molar-refractivity contribution in [3.63, 3.8) is 0 Å². The smallest absolute Gasteiger partial charge is 0.170 e. The monoisotopic (exact) mass is 377 g/mol. The van der Waals surface area contributed by atoms with Gasteiger partial charge >= 0.3 is 0 Å². The molecule has 138 valence electrons. The Kier molecular flexibility index (Phi) is 6.66. The Morgan fingerprint density at radius 2 is 1.44 bits per heavy atom. The predicted molar refractivity (Wildman–Crippen MR) is 117 cm³/mol. The van der Waals surface area contributed by atoms with E-state index in [4.69, 9.17) is 17.0 Å². The number of nitrogens with one attached hydrogen (secondary N) is 3. The molecule has 0 unspecified atom stereocenters. The minimum Gasteiger partial charge on any atom is -0.497 e. The summed E-state index contributed by atoms with van der Waals surface area (Å²) in [6, 6.07) is 26.2. The largest absolute Gasteiger partial charge is 0.497 e. The molecule has 0 saturated heterocycles. The van der Waals surface area contributed by atoms with Crippen molar-refractivity contribution in [3.8, 4) is 5.75 Å². The lowest BCUT2D eigenvalue weighted by atomic mass is 10.1. The third-order valence-corrected chi connectivity index (χ3v) is 4.31. The zero-order valence-corrected chi connectivity index (χ0v) is 16.1. The Morgan fingerprint density at radius 3 is 2.11 bits per heavy atom. The number of methoxy groups -OCH3 is 1. The van der Waals surface area contributed by atoms with E-state index < -0.39 is 0 Å². The van der Waals surface area contributed by atoms with Gasteiger partial charge in [-0.05, 0) is 72.7 Å². The van der Waals surface area contributed by atoms with Crippen LogP contribution in [0.4, 0.5) is 17.1 Å². The molecule has 0 aliphatic carbocycles. The molecule has 0 saturated carbocycles. The highest BCUT2D eigenvalue weighted by Gasteiger charge is 2.00. The lowest BCUT2D eigenvalue weighted by molar-refractivity contribution is 0.414. The highest BCUT2D eigenvalue weighted by atomic mass is 32.1. The molecule has 0 aliphatic rings. The van der Waals surface area contributed by atoms with E-state index in [1.807, 2.05) is 66.7 Å². The first-order valence-electron chi connectivity index (χ1n) is 8.83. The SMILES string of the molecule is COc1ccc(CCNC(=S)Nc2ccc(Nc3ccccc3)cc2)cc1. The van der Waals surface area contributed by atoms with Gasteiger partial charge in [0.1, 0.15) is 5.75 Å². The average molecular weight is 378 g/mol. The molecule has 0 heterocycles. The normalized spacial score (nSPS) is 10.1. The van der Waals surface area contributed by atoms with Gasteiger partial charge in [-0.2, -0.15) is 0 Å². The van der Waals surface area contributed by atoms with Crippen LogP contribution in [0.15, 0.2) is 78.9 Å². The first-order valence-corrected chi connectivity index (χ1v) is 9.24. The van der Waals surface area contributed by atoms with Gasteiger partial charge in [0.2, 0.25) is 0 Å². The van der Waals surface area contributed by atoms with Crippen molar-refractivity contribution in [2.24, 2.45) is 0 Å². The topological polar surface area (TPSA) is 45.3 Å². The number of thiocarbonyl (C=S) groups is 1. The summed E-state index contributed by atoms with van der Waals surface area (Å²) in [5, 5.41) is 10.4. The van der Waals surface area contributed by atoms with Crippen molar-refractivity contribution in [1.82, 2.24) is 5.32 Å². The fourth-order valence-corrected chi connectivity index (χ4v) is 2.83. The highest BCUT2D eigenvalue weighted by molar-refractivity contribution is 7.80. The molecule has 0 fully saturated rings. The molecule has 0 atom stereocenters. The van der Waals surface area contributed by atoms with Crippen LogP contribution in [0.25, 0.3) is 0 Å². The van der Waals surface area contributed by atoms with Gasteiger partial charge in [0.15, 0.2) is 5.11 Å². The zero-order valence-electron chi connectivity index (χ0n) is 15.2. The van der Waals surface area contributed by atoms with Crippen LogP contribution in [0.2, 0.25) is 0 Å². The lowest BCUT2D eigenvalue weighted by Gasteiger charge is -2.12. The van der Waals surface area contributed by atoms with Crippen LogP contribution in [-0.4, -0.2) is 18.8 Å². The maximum absolute atomic E-state index is 5.37. The van der Waals surface area contributed by atoms with Crippen molar-refractivity contribution in [1.29, 1.82) is 0 Å². The molecule has 3 rings (SSSR count). The Hall–Kier alpha value is -3.05. The molecular formula is C22H23N3OS. The second-order valence-electron chi connectivity index (χ2n) is 6.05. The van der Waals surface area contributed by atoms with Crippen LogP contribution < -0.4 is 20.7 Å². The van der Waals surface area contributed by atoms with Crippen molar-refractivity contribution < 1.29 is 4.74 Å². The lowest BCUT2D eigenvalue weighted by Crippen LogP contribution is -2.30. The molecule has 3 aromatic carbocycles. The van der Waals surface area contributed by atoms with Gasteiger partial charge in [0.05, 0.1) is 7.11 Å². The van der Waals surface area contributed by atoms with Gasteiger partial charge in [-0.1, -0.05) is 30.3 Å². The second kappa shape index (κ2) is 9.59. The molecule has 4 nitrogen and oxygen atoms in total. The summed E-state index contributed by atoms with van der Waals surface area (Å²) >= 11 is 5.37. The molecular weight excluding hydrogens is 354 g/mol. The third-order valence-electron chi connectivity index (χ3n) is 4.06. The van der Waals surface area contributed by atoms with E-state index in [-0.39, 0.29) is 0 Å². The van der Waals surface area contributed by atoms with E-state index in [1.54, 1.807) is 7.11 Å². The Bertz CT molecular complexity index is 849. The minimum absolute atomic E-state index is 0.618. The van der Waals surface area contributed by atoms with E-state index in [2.05, 4.69) is 28.1 Å². The summed E-state index contributed by atoms with van der Waals surface area (Å²) in [7, 11) is 1.67. The fraction of sp³-hybridized carbons (Fsp3) is 0.136. The number of benzene rings is 3. The summed E-state index contributed by atoms with van der Waals surface area (Å²) < 4.78 is 5.17. The van der Waals surface area contributed by atoms with E-state index in [9.17, 15) is 0 Å². The van der Waals surface area contributed by atoms with Gasteiger partial charge in [-0.15, -0.1) is 0 Å². The summed E-state index contributed by atoms with van der Waals surface area (Å²) in [5.74, 6) is 0.870. The summed E-state index contributed by atoms with van der Waals surface area (Å²) in [4.78, 5) is 0. The maximum Gasteiger partial charge on any atom is 0.170 e. The van der Waals surface area contributed by atoms with Crippen LogP contribution in [-0.2, 0) is 6.42 Å². The van der Waals surface area contributed by atoms with Crippen LogP contribution in [0, 0.1) is 0 Å². The standard InChI is InChI=1S/C22H23N3OS/c1-26-21-13-7-17(8-14-21)15-16-23-22(27)25-20-11-9-19(10-12-20)24-18-5-3-2-4-6-18/h2-14,24H,15-16H2,1H3,(H2,23,25,27). The Morgan fingerprint density at radius 1 is 0.815 bits per heavy atom. The van der Waals surface area contributed by atoms with Gasteiger partial charge in [0.25, 0.3) is 0 Å². The van der Waals surface area contributed by atoms with Crippen molar-refractivity contribution in [3.05, 3.63) is 84.4 Å². The maximum atomic E-state index is 5.37. The van der Waals surface area contributed by atoms with E-state index in [0.29, 0.717) is 5.11 Å². The molecule has 0 aliphatic heterocycles. The quantitative estimate of drug-likeness (QED) is 0.508. The van der Waals surface area contributed by atoms with E-state index in [0.717, 1.165) is 35.8 Å². The first kappa shape index (κ1) is 18.7. The number of hydrogen-bond donors (Lipinski definition) is 3. The predicted octanol–water partition coefficient (Wildman–Crippen LogP) is 4.97. The molecule has 0 radical (unpaired) electrons. The fourth-order valence-electron chi connectivity index (χ4n) is 2.61. The molecule has 5 heteroatoms. The average Bonchev–Trinajstić information content (AvgIpc) is 2.71. The molecule has 0 amide bonds. The van der Waals surface area contributed by atoms with Crippen LogP contribution in [0.1, 0.15) is 5.56 Å². The van der Waals surface area contributed by atoms with E-state index >= 15 is 0 Å². The Labute approximate surface area is 165 Å². The number of rotatable bonds is 7. The van der Waals surface area contributed by atoms with E-state index in [1.165, 1.54) is 5.56 Å². The zero-order chi connectivity index (χ0) is 18.9. The van der Waals surface area contributed by atoms with Gasteiger partial charge < -0.3 is 20.7 Å². The second-order valence-corrected chi connectivity index (χ2v) is 6.46. The van der Waals surface area contributed by atoms with Gasteiger partial charge in [-0.25, -0.2) is 0 Å². The third kappa shape index (κ3) is 6.01. The van der Waals surface area contributed by atoms with Crippen molar-refractivity contribution in [2.45, 2.75) is 6.42 Å². The van der Waals surface area contributed by atoms with Crippen molar-refractivity contribution >= 4 is 34.4 Å². The summed E-state index contributed by atoms with van der Waals surface area (Å²) in [5.41, 5.74) is 4.29. The summed E-state index contributed by atoms with van der Waals surface area (Å²) in [6.45, 7) is 0.770. The Balaban J connectivity index is 1.43. The van der Waals surface area contributed by atoms with Gasteiger partial charge in [-0.3, -0.25) is 0 Å². The van der Waals surface area contributed by atoms with Gasteiger partial charge in [0, 0.05) is 23.6 Å². The number of hydrogen-bond acceptors (Lipinski definition) is 3. The first-order chi connectivity index (χ1) is 13.2. The highest BCUT2D eigenvalue weighted by Crippen LogP contribution is 2.18. The molecule has 0 aromatic heterocycles. The van der Waals surface area contributed by atoms with Crippen molar-refractivity contribution in [2.75, 3.05) is 24.3 Å².